The highest BCUT2D eigenvalue weighted by Crippen LogP contribution is 2.32. The van der Waals surface area contributed by atoms with Crippen molar-refractivity contribution in [2.45, 2.75) is 19.0 Å². The Labute approximate surface area is 170 Å². The van der Waals surface area contributed by atoms with Crippen molar-refractivity contribution in [3.8, 4) is 11.5 Å². The maximum absolute atomic E-state index is 14.1. The van der Waals surface area contributed by atoms with Gasteiger partial charge in [-0.15, -0.1) is 0 Å². The average molecular weight is 427 g/mol. The first-order valence-corrected chi connectivity index (χ1v) is 8.89. The molecule has 0 fully saturated rings. The van der Waals surface area contributed by atoms with Crippen LogP contribution in [0.5, 0.6) is 11.5 Å². The molecule has 2 aromatic rings. The lowest BCUT2D eigenvalue weighted by Crippen LogP contribution is -2.41. The number of amides is 1. The Balaban J connectivity index is 2.45. The van der Waals surface area contributed by atoms with Crippen molar-refractivity contribution in [3.63, 3.8) is 0 Å². The fourth-order valence-corrected chi connectivity index (χ4v) is 2.68. The van der Waals surface area contributed by atoms with E-state index in [1.54, 1.807) is 0 Å². The molecule has 0 aromatic heterocycles. The third-order valence-electron chi connectivity index (χ3n) is 4.20. The van der Waals surface area contributed by atoms with Crippen LogP contribution >= 0.6 is 0 Å². The molecule has 0 spiro atoms. The number of carbonyl (C=O) groups excluding carboxylic acids is 1. The summed E-state index contributed by atoms with van der Waals surface area (Å²) in [6.45, 7) is -3.68. The van der Waals surface area contributed by atoms with E-state index in [9.17, 15) is 22.4 Å². The van der Waals surface area contributed by atoms with Crippen molar-refractivity contribution in [2.24, 2.45) is 5.73 Å². The van der Waals surface area contributed by atoms with Gasteiger partial charge in [-0.25, -0.2) is 4.39 Å². The molecule has 6 nitrogen and oxygen atoms in total. The molecular formula is C20H21F4N3O3. The number of hydrogen-bond donors (Lipinski definition) is 2. The first-order chi connectivity index (χ1) is 14.2. The van der Waals surface area contributed by atoms with Crippen molar-refractivity contribution in [1.82, 2.24) is 4.90 Å². The van der Waals surface area contributed by atoms with Crippen molar-refractivity contribution in [3.05, 3.63) is 59.4 Å². The third kappa shape index (κ3) is 5.85. The second kappa shape index (κ2) is 10.5. The summed E-state index contributed by atoms with van der Waals surface area (Å²) >= 11 is 0. The molecule has 0 aliphatic carbocycles. The Morgan fingerprint density at radius 1 is 1.17 bits per heavy atom. The molecule has 0 saturated carbocycles. The summed E-state index contributed by atoms with van der Waals surface area (Å²) in [4.78, 5) is 13.9. The Bertz CT molecular complexity index is 878. The van der Waals surface area contributed by atoms with Gasteiger partial charge in [-0.2, -0.15) is 8.78 Å². The molecule has 0 bridgehead atoms. The van der Waals surface area contributed by atoms with Crippen LogP contribution in [0.1, 0.15) is 23.5 Å². The van der Waals surface area contributed by atoms with Crippen LogP contribution in [-0.2, 0) is 4.79 Å². The van der Waals surface area contributed by atoms with Gasteiger partial charge in [0.1, 0.15) is 5.75 Å². The molecule has 1 amide bonds. The zero-order chi connectivity index (χ0) is 22.3. The minimum absolute atomic E-state index is 0.0531. The summed E-state index contributed by atoms with van der Waals surface area (Å²) in [6.07, 6.45) is 0.0741. The summed E-state index contributed by atoms with van der Waals surface area (Å²) < 4.78 is 60.7. The standard InChI is InChI=1S/C20H21F4N3O3/c1-27(20(25)26)18(28)17(12-3-6-14(7-4-12)30-19(23)24)13-5-8-15(22)16(11-13)29-10-2-9-21/h3-8,11,17,19H,2,9-10H2,1H3,(H3,25,26). The van der Waals surface area contributed by atoms with E-state index in [2.05, 4.69) is 4.74 Å². The molecule has 0 radical (unpaired) electrons. The van der Waals surface area contributed by atoms with E-state index in [-0.39, 0.29) is 24.5 Å². The number of nitrogens with zero attached hydrogens (tertiary/aromatic N) is 1. The van der Waals surface area contributed by atoms with E-state index in [0.29, 0.717) is 11.1 Å². The lowest BCUT2D eigenvalue weighted by molar-refractivity contribution is -0.127. The van der Waals surface area contributed by atoms with Gasteiger partial charge in [-0.1, -0.05) is 18.2 Å². The van der Waals surface area contributed by atoms with Crippen LogP contribution < -0.4 is 15.2 Å². The van der Waals surface area contributed by atoms with Gasteiger partial charge in [0.05, 0.1) is 19.2 Å². The van der Waals surface area contributed by atoms with Crippen LogP contribution in [0.2, 0.25) is 0 Å². The van der Waals surface area contributed by atoms with Crippen LogP contribution in [0.15, 0.2) is 42.5 Å². The van der Waals surface area contributed by atoms with Gasteiger partial charge in [0, 0.05) is 13.5 Å². The van der Waals surface area contributed by atoms with Gasteiger partial charge < -0.3 is 15.2 Å². The average Bonchev–Trinajstić information content (AvgIpc) is 2.70. The number of likely N-dealkylation sites (N-methyl/N-ethyl adjacent to an activating group) is 1. The van der Waals surface area contributed by atoms with Gasteiger partial charge in [-0.05, 0) is 35.4 Å². The molecule has 30 heavy (non-hydrogen) atoms. The molecule has 3 N–H and O–H groups in total. The number of carbonyl (C=O) groups is 1. The second-order valence-corrected chi connectivity index (χ2v) is 6.24. The molecule has 1 unspecified atom stereocenters. The minimum atomic E-state index is -3.00. The monoisotopic (exact) mass is 427 g/mol. The maximum atomic E-state index is 14.1. The predicted molar refractivity (Wildman–Crippen MR) is 102 cm³/mol. The summed E-state index contributed by atoms with van der Waals surface area (Å²) in [6, 6.07) is 9.09. The largest absolute Gasteiger partial charge is 0.490 e. The number of guanidine groups is 1. The number of alkyl halides is 3. The molecule has 1 atom stereocenters. The number of benzene rings is 2. The lowest BCUT2D eigenvalue weighted by atomic mass is 9.89. The molecule has 2 rings (SSSR count). The van der Waals surface area contributed by atoms with Gasteiger partial charge in [0.2, 0.25) is 5.91 Å². The van der Waals surface area contributed by atoms with Gasteiger partial charge in [0.25, 0.3) is 0 Å². The Hall–Kier alpha value is -3.30. The Morgan fingerprint density at radius 3 is 2.37 bits per heavy atom. The molecular weight excluding hydrogens is 406 g/mol. The van der Waals surface area contributed by atoms with Crippen molar-refractivity contribution >= 4 is 11.9 Å². The highest BCUT2D eigenvalue weighted by molar-refractivity contribution is 5.99. The molecule has 0 saturated heterocycles. The molecule has 0 heterocycles. The normalized spacial score (nSPS) is 11.8. The van der Waals surface area contributed by atoms with Crippen LogP contribution in [0, 0.1) is 11.2 Å². The first kappa shape index (κ1) is 23.0. The zero-order valence-corrected chi connectivity index (χ0v) is 16.1. The number of rotatable bonds is 9. The van der Waals surface area contributed by atoms with Crippen LogP contribution in [0.25, 0.3) is 0 Å². The summed E-state index contributed by atoms with van der Waals surface area (Å²) in [5, 5.41) is 7.51. The minimum Gasteiger partial charge on any atom is -0.490 e. The van der Waals surface area contributed by atoms with E-state index in [1.165, 1.54) is 43.4 Å². The van der Waals surface area contributed by atoms with Gasteiger partial charge in [0.15, 0.2) is 17.5 Å². The third-order valence-corrected chi connectivity index (χ3v) is 4.20. The highest BCUT2D eigenvalue weighted by Gasteiger charge is 2.28. The molecule has 162 valence electrons. The fraction of sp³-hybridized carbons (Fsp3) is 0.300. The Kier molecular flexibility index (Phi) is 8.02. The predicted octanol–water partition coefficient (Wildman–Crippen LogP) is 3.65. The van der Waals surface area contributed by atoms with Crippen molar-refractivity contribution in [1.29, 1.82) is 5.41 Å². The van der Waals surface area contributed by atoms with Crippen molar-refractivity contribution < 1.29 is 31.8 Å². The molecule has 10 heteroatoms. The summed E-state index contributed by atoms with van der Waals surface area (Å²) in [5.41, 5.74) is 6.09. The highest BCUT2D eigenvalue weighted by atomic mass is 19.3. The summed E-state index contributed by atoms with van der Waals surface area (Å²) in [7, 11) is 1.30. The lowest BCUT2D eigenvalue weighted by Gasteiger charge is -2.24. The molecule has 0 aliphatic rings. The van der Waals surface area contributed by atoms with E-state index in [0.717, 1.165) is 11.0 Å². The van der Waals surface area contributed by atoms with E-state index >= 15 is 0 Å². The topological polar surface area (TPSA) is 88.6 Å². The van der Waals surface area contributed by atoms with Crippen LogP contribution in [-0.4, -0.2) is 43.7 Å². The number of ether oxygens (including phenoxy) is 2. The smallest absolute Gasteiger partial charge is 0.387 e. The van der Waals surface area contributed by atoms with Crippen LogP contribution in [0.4, 0.5) is 17.6 Å². The summed E-state index contributed by atoms with van der Waals surface area (Å²) in [5.74, 6) is -3.11. The van der Waals surface area contributed by atoms with E-state index < -0.39 is 36.9 Å². The SMILES string of the molecule is CN(C(=N)N)C(=O)C(c1ccc(OC(F)F)cc1)c1ccc(F)c(OCCCF)c1. The number of hydrogen-bond acceptors (Lipinski definition) is 4. The number of halogens is 4. The first-order valence-electron chi connectivity index (χ1n) is 8.89. The van der Waals surface area contributed by atoms with Crippen LogP contribution in [0.3, 0.4) is 0 Å². The number of nitrogens with one attached hydrogen (secondary N) is 1. The number of nitrogens with two attached hydrogens (primary N) is 1. The second-order valence-electron chi connectivity index (χ2n) is 6.24. The molecule has 0 aliphatic heterocycles. The Morgan fingerprint density at radius 2 is 1.80 bits per heavy atom. The maximum Gasteiger partial charge on any atom is 0.387 e. The quantitative estimate of drug-likeness (QED) is 0.277. The molecule has 2 aromatic carbocycles. The zero-order valence-electron chi connectivity index (χ0n) is 16.1. The van der Waals surface area contributed by atoms with E-state index in [1.807, 2.05) is 0 Å². The van der Waals surface area contributed by atoms with E-state index in [4.69, 9.17) is 15.9 Å². The van der Waals surface area contributed by atoms with Gasteiger partial charge in [-0.3, -0.25) is 19.5 Å². The fourth-order valence-electron chi connectivity index (χ4n) is 2.68. The van der Waals surface area contributed by atoms with Gasteiger partial charge >= 0.3 is 6.61 Å². The van der Waals surface area contributed by atoms with Crippen molar-refractivity contribution in [2.75, 3.05) is 20.3 Å².